The summed E-state index contributed by atoms with van der Waals surface area (Å²) in [5.41, 5.74) is 0.795. The highest BCUT2D eigenvalue weighted by atomic mass is 35.5. The molecular formula is C11H13ClFNO2. The van der Waals surface area contributed by atoms with Crippen molar-refractivity contribution >= 4 is 17.0 Å². The lowest BCUT2D eigenvalue weighted by molar-refractivity contribution is 0.232. The number of hydrogen-bond donors (Lipinski definition) is 0. The maximum absolute atomic E-state index is 13.3. The lowest BCUT2D eigenvalue weighted by Gasteiger charge is -2.13. The van der Waals surface area contributed by atoms with Crippen LogP contribution < -0.4 is 4.74 Å². The van der Waals surface area contributed by atoms with E-state index in [9.17, 15) is 9.18 Å². The molecule has 16 heavy (non-hydrogen) atoms. The van der Waals surface area contributed by atoms with E-state index in [2.05, 4.69) is 0 Å². The van der Waals surface area contributed by atoms with E-state index in [-0.39, 0.29) is 5.75 Å². The summed E-state index contributed by atoms with van der Waals surface area (Å²) < 4.78 is 18.1. The van der Waals surface area contributed by atoms with Gasteiger partial charge in [-0.15, -0.1) is 0 Å². The fraction of sp³-hybridized carbons (Fsp3) is 0.364. The van der Waals surface area contributed by atoms with Crippen LogP contribution in [0.4, 0.5) is 9.18 Å². The number of carbonyl (C=O) groups is 1. The highest BCUT2D eigenvalue weighted by molar-refractivity contribution is 6.62. The van der Waals surface area contributed by atoms with Gasteiger partial charge in [0.15, 0.2) is 11.6 Å². The molecule has 0 bridgehead atoms. The minimum atomic E-state index is -0.519. The van der Waals surface area contributed by atoms with E-state index < -0.39 is 11.2 Å². The second kappa shape index (κ2) is 5.70. The van der Waals surface area contributed by atoms with E-state index in [1.165, 1.54) is 18.1 Å². The first-order valence-corrected chi connectivity index (χ1v) is 5.15. The molecule has 0 aromatic heterocycles. The van der Waals surface area contributed by atoms with Crippen molar-refractivity contribution in [2.24, 2.45) is 0 Å². The Bertz CT molecular complexity index is 384. The normalized spacial score (nSPS) is 10.0. The van der Waals surface area contributed by atoms with Gasteiger partial charge in [0.25, 0.3) is 0 Å². The monoisotopic (exact) mass is 245 g/mol. The summed E-state index contributed by atoms with van der Waals surface area (Å²) >= 11 is 5.27. The number of halogens is 2. The van der Waals surface area contributed by atoms with Crippen LogP contribution >= 0.6 is 11.6 Å². The zero-order valence-corrected chi connectivity index (χ0v) is 9.92. The molecule has 0 atom stereocenters. The molecule has 0 saturated heterocycles. The van der Waals surface area contributed by atoms with Crippen LogP contribution in [0.3, 0.4) is 0 Å². The molecule has 0 unspecified atom stereocenters. The third kappa shape index (κ3) is 3.38. The predicted octanol–water partition coefficient (Wildman–Crippen LogP) is 2.67. The van der Waals surface area contributed by atoms with Gasteiger partial charge in [-0.1, -0.05) is 6.07 Å². The van der Waals surface area contributed by atoms with Crippen molar-refractivity contribution in [3.63, 3.8) is 0 Å². The molecule has 0 aliphatic rings. The average Bonchev–Trinajstić information content (AvgIpc) is 2.25. The number of methoxy groups -OCH3 is 1. The van der Waals surface area contributed by atoms with Gasteiger partial charge in [0.1, 0.15) is 0 Å². The minimum Gasteiger partial charge on any atom is -0.494 e. The summed E-state index contributed by atoms with van der Waals surface area (Å²) in [6, 6.07) is 4.72. The third-order valence-corrected chi connectivity index (χ3v) is 2.54. The van der Waals surface area contributed by atoms with Gasteiger partial charge in [0.05, 0.1) is 7.11 Å². The molecule has 1 rings (SSSR count). The number of benzene rings is 1. The molecule has 0 fully saturated rings. The molecule has 0 heterocycles. The average molecular weight is 246 g/mol. The van der Waals surface area contributed by atoms with E-state index in [0.29, 0.717) is 13.0 Å². The Balaban J connectivity index is 2.62. The molecule has 1 amide bonds. The molecule has 0 N–H and O–H groups in total. The van der Waals surface area contributed by atoms with Crippen LogP contribution in [-0.2, 0) is 6.42 Å². The van der Waals surface area contributed by atoms with Crippen LogP contribution in [0.5, 0.6) is 5.75 Å². The molecule has 0 aliphatic heterocycles. The second-order valence-electron chi connectivity index (χ2n) is 3.39. The lowest BCUT2D eigenvalue weighted by Crippen LogP contribution is -2.23. The molecular weight excluding hydrogens is 233 g/mol. The van der Waals surface area contributed by atoms with Gasteiger partial charge in [-0.05, 0) is 35.7 Å². The molecule has 0 spiro atoms. The molecule has 0 aliphatic carbocycles. The van der Waals surface area contributed by atoms with Crippen LogP contribution in [0.15, 0.2) is 18.2 Å². The van der Waals surface area contributed by atoms with Gasteiger partial charge in [-0.25, -0.2) is 4.39 Å². The number of amides is 1. The molecule has 3 nitrogen and oxygen atoms in total. The van der Waals surface area contributed by atoms with E-state index >= 15 is 0 Å². The number of nitrogens with zero attached hydrogens (tertiary/aromatic N) is 1. The van der Waals surface area contributed by atoms with E-state index in [1.54, 1.807) is 19.2 Å². The maximum atomic E-state index is 13.3. The second-order valence-corrected chi connectivity index (χ2v) is 3.72. The zero-order chi connectivity index (χ0) is 12.1. The third-order valence-electron chi connectivity index (χ3n) is 2.25. The Labute approximate surface area is 98.8 Å². The van der Waals surface area contributed by atoms with Gasteiger partial charge in [0.2, 0.25) is 0 Å². The summed E-state index contributed by atoms with van der Waals surface area (Å²) in [7, 11) is 3.01. The largest absolute Gasteiger partial charge is 0.494 e. The van der Waals surface area contributed by atoms with Crippen molar-refractivity contribution in [3.05, 3.63) is 29.6 Å². The van der Waals surface area contributed by atoms with Crippen LogP contribution in [0.2, 0.25) is 0 Å². The summed E-state index contributed by atoms with van der Waals surface area (Å²) in [5.74, 6) is -0.189. The lowest BCUT2D eigenvalue weighted by atomic mass is 10.1. The van der Waals surface area contributed by atoms with Gasteiger partial charge in [0, 0.05) is 13.6 Å². The number of likely N-dealkylation sites (N-methyl/N-ethyl adjacent to an activating group) is 1. The van der Waals surface area contributed by atoms with E-state index in [0.717, 1.165) is 5.56 Å². The smallest absolute Gasteiger partial charge is 0.316 e. The summed E-state index contributed by atoms with van der Waals surface area (Å²) in [6.07, 6.45) is 0.551. The summed E-state index contributed by atoms with van der Waals surface area (Å²) in [4.78, 5) is 12.1. The van der Waals surface area contributed by atoms with Crippen molar-refractivity contribution in [3.8, 4) is 5.75 Å². The van der Waals surface area contributed by atoms with Gasteiger partial charge >= 0.3 is 5.37 Å². The highest BCUT2D eigenvalue weighted by Gasteiger charge is 2.06. The van der Waals surface area contributed by atoms with Crippen molar-refractivity contribution in [1.82, 2.24) is 4.90 Å². The highest BCUT2D eigenvalue weighted by Crippen LogP contribution is 2.18. The number of carbonyl (C=O) groups excluding carboxylic acids is 1. The van der Waals surface area contributed by atoms with Crippen LogP contribution in [0, 0.1) is 5.82 Å². The summed E-state index contributed by atoms with van der Waals surface area (Å²) in [6.45, 7) is 0.452. The predicted molar refractivity (Wildman–Crippen MR) is 60.5 cm³/mol. The Morgan fingerprint density at radius 3 is 2.75 bits per heavy atom. The van der Waals surface area contributed by atoms with Crippen LogP contribution in [0.1, 0.15) is 5.56 Å². The van der Waals surface area contributed by atoms with Gasteiger partial charge in [-0.2, -0.15) is 0 Å². The Morgan fingerprint density at radius 2 is 2.25 bits per heavy atom. The number of hydrogen-bond acceptors (Lipinski definition) is 2. The van der Waals surface area contributed by atoms with Crippen molar-refractivity contribution < 1.29 is 13.9 Å². The molecule has 1 aromatic carbocycles. The topological polar surface area (TPSA) is 29.5 Å². The quantitative estimate of drug-likeness (QED) is 0.603. The molecule has 0 radical (unpaired) electrons. The SMILES string of the molecule is COc1ccc(CCN(C)C(=O)Cl)cc1F. The first kappa shape index (κ1) is 12.8. The van der Waals surface area contributed by atoms with Gasteiger partial charge in [-0.3, -0.25) is 4.79 Å². The standard InChI is InChI=1S/C11H13ClFNO2/c1-14(11(12)15)6-5-8-3-4-10(16-2)9(13)7-8/h3-4,7H,5-6H2,1-2H3. The van der Waals surface area contributed by atoms with Crippen molar-refractivity contribution in [2.45, 2.75) is 6.42 Å². The van der Waals surface area contributed by atoms with Gasteiger partial charge < -0.3 is 9.64 Å². The molecule has 88 valence electrons. The Hall–Kier alpha value is -1.29. The van der Waals surface area contributed by atoms with Crippen molar-refractivity contribution in [1.29, 1.82) is 0 Å². The minimum absolute atomic E-state index is 0.213. The number of ether oxygens (including phenoxy) is 1. The van der Waals surface area contributed by atoms with Crippen molar-refractivity contribution in [2.75, 3.05) is 20.7 Å². The molecule has 5 heteroatoms. The fourth-order valence-corrected chi connectivity index (χ4v) is 1.33. The van der Waals surface area contributed by atoms with Crippen LogP contribution in [0.25, 0.3) is 0 Å². The number of rotatable bonds is 4. The molecule has 0 saturated carbocycles. The summed E-state index contributed by atoms with van der Waals surface area (Å²) in [5, 5.41) is -0.519. The Kier molecular flexibility index (Phi) is 4.55. The fourth-order valence-electron chi connectivity index (χ4n) is 1.25. The van der Waals surface area contributed by atoms with Crippen LogP contribution in [-0.4, -0.2) is 31.0 Å². The first-order valence-electron chi connectivity index (χ1n) is 4.77. The molecule has 1 aromatic rings. The first-order chi connectivity index (χ1) is 7.54. The zero-order valence-electron chi connectivity index (χ0n) is 9.17. The maximum Gasteiger partial charge on any atom is 0.316 e. The van der Waals surface area contributed by atoms with E-state index in [4.69, 9.17) is 16.3 Å². The van der Waals surface area contributed by atoms with E-state index in [1.807, 2.05) is 0 Å². The Morgan fingerprint density at radius 1 is 1.56 bits per heavy atom.